The van der Waals surface area contributed by atoms with Crippen LogP contribution in [0.4, 0.5) is 0 Å². The second-order valence-electron chi connectivity index (χ2n) is 1.82. The molecule has 1 heterocycles. The van der Waals surface area contributed by atoms with E-state index >= 15 is 0 Å². The molecule has 3 nitrogen and oxygen atoms in total. The fraction of sp³-hybridized carbons (Fsp3) is 0.800. The van der Waals surface area contributed by atoms with Crippen molar-refractivity contribution >= 4 is 6.21 Å². The third kappa shape index (κ3) is 1.20. The Morgan fingerprint density at radius 2 is 2.62 bits per heavy atom. The summed E-state index contributed by atoms with van der Waals surface area (Å²) >= 11 is 0. The Balaban J connectivity index is 2.24. The van der Waals surface area contributed by atoms with Gasteiger partial charge in [-0.2, -0.15) is 0 Å². The zero-order valence-electron chi connectivity index (χ0n) is 4.58. The average molecular weight is 115 g/mol. The van der Waals surface area contributed by atoms with Crippen LogP contribution in [0.1, 0.15) is 12.8 Å². The maximum absolute atomic E-state index is 8.02. The Hall–Kier alpha value is -0.570. The molecule has 0 radical (unpaired) electrons. The number of rotatable bonds is 1. The van der Waals surface area contributed by atoms with Gasteiger partial charge in [-0.1, -0.05) is 5.16 Å². The zero-order valence-corrected chi connectivity index (χ0v) is 4.58. The van der Waals surface area contributed by atoms with Crippen LogP contribution in [0, 0.1) is 0 Å². The van der Waals surface area contributed by atoms with Crippen molar-refractivity contribution in [1.82, 2.24) is 0 Å². The molecule has 1 atom stereocenters. The van der Waals surface area contributed by atoms with E-state index in [-0.39, 0.29) is 6.10 Å². The molecular formula is C5H9NO2. The molecule has 0 amide bonds. The van der Waals surface area contributed by atoms with Gasteiger partial charge < -0.3 is 9.94 Å². The molecule has 8 heavy (non-hydrogen) atoms. The summed E-state index contributed by atoms with van der Waals surface area (Å²) in [5.74, 6) is 0. The first-order valence-corrected chi connectivity index (χ1v) is 2.72. The molecule has 1 aliphatic heterocycles. The second-order valence-corrected chi connectivity index (χ2v) is 1.82. The summed E-state index contributed by atoms with van der Waals surface area (Å²) in [6.07, 6.45) is 3.56. The van der Waals surface area contributed by atoms with Gasteiger partial charge in [-0.05, 0) is 12.8 Å². The summed E-state index contributed by atoms with van der Waals surface area (Å²) in [7, 11) is 0. The van der Waals surface area contributed by atoms with E-state index < -0.39 is 0 Å². The van der Waals surface area contributed by atoms with Crippen LogP contribution in [0.3, 0.4) is 0 Å². The SMILES string of the molecule is O/N=C\[C@H]1CCCO1. The van der Waals surface area contributed by atoms with Crippen LogP contribution in [0.2, 0.25) is 0 Å². The smallest absolute Gasteiger partial charge is 0.0960 e. The maximum Gasteiger partial charge on any atom is 0.0960 e. The highest BCUT2D eigenvalue weighted by Crippen LogP contribution is 2.08. The van der Waals surface area contributed by atoms with E-state index in [1.165, 1.54) is 6.21 Å². The summed E-state index contributed by atoms with van der Waals surface area (Å²) in [6, 6.07) is 0. The average Bonchev–Trinajstić information content (AvgIpc) is 2.19. The molecule has 0 unspecified atom stereocenters. The molecule has 3 heteroatoms. The van der Waals surface area contributed by atoms with Crippen molar-refractivity contribution in [3.63, 3.8) is 0 Å². The van der Waals surface area contributed by atoms with Crippen molar-refractivity contribution in [1.29, 1.82) is 0 Å². The lowest BCUT2D eigenvalue weighted by Crippen LogP contribution is -2.05. The molecule has 1 saturated heterocycles. The Bertz CT molecular complexity index is 86.4. The quantitative estimate of drug-likeness (QED) is 0.309. The van der Waals surface area contributed by atoms with E-state index in [0.717, 1.165) is 19.4 Å². The van der Waals surface area contributed by atoms with Gasteiger partial charge in [0.05, 0.1) is 12.3 Å². The van der Waals surface area contributed by atoms with Crippen LogP contribution in [0.25, 0.3) is 0 Å². The Morgan fingerprint density at radius 3 is 3.12 bits per heavy atom. The van der Waals surface area contributed by atoms with Crippen molar-refractivity contribution < 1.29 is 9.94 Å². The molecule has 1 N–H and O–H groups in total. The molecule has 0 aromatic carbocycles. The molecule has 1 rings (SSSR count). The number of nitrogens with zero attached hydrogens (tertiary/aromatic N) is 1. The van der Waals surface area contributed by atoms with Gasteiger partial charge >= 0.3 is 0 Å². The maximum atomic E-state index is 8.02. The number of hydrogen-bond donors (Lipinski definition) is 1. The summed E-state index contributed by atoms with van der Waals surface area (Å²) in [6.45, 7) is 0.802. The minimum atomic E-state index is 0.0694. The lowest BCUT2D eigenvalue weighted by molar-refractivity contribution is 0.158. The first kappa shape index (κ1) is 5.56. The van der Waals surface area contributed by atoms with Gasteiger partial charge in [0.15, 0.2) is 0 Å². The lowest BCUT2D eigenvalue weighted by atomic mass is 10.3. The van der Waals surface area contributed by atoms with Gasteiger partial charge in [-0.15, -0.1) is 0 Å². The monoisotopic (exact) mass is 115 g/mol. The standard InChI is InChI=1S/C5H9NO2/c7-6-4-5-2-1-3-8-5/h4-5,7H,1-3H2/b6-4-/t5-/m1/s1. The summed E-state index contributed by atoms with van der Waals surface area (Å²) in [4.78, 5) is 0. The van der Waals surface area contributed by atoms with Gasteiger partial charge in [0.2, 0.25) is 0 Å². The van der Waals surface area contributed by atoms with E-state index in [9.17, 15) is 0 Å². The van der Waals surface area contributed by atoms with E-state index in [4.69, 9.17) is 9.94 Å². The summed E-state index contributed by atoms with van der Waals surface area (Å²) in [5, 5.41) is 10.9. The van der Waals surface area contributed by atoms with Crippen molar-refractivity contribution in [3.05, 3.63) is 0 Å². The summed E-state index contributed by atoms with van der Waals surface area (Å²) in [5.41, 5.74) is 0. The fourth-order valence-electron chi connectivity index (χ4n) is 0.794. The fourth-order valence-corrected chi connectivity index (χ4v) is 0.794. The predicted octanol–water partition coefficient (Wildman–Crippen LogP) is 0.625. The minimum Gasteiger partial charge on any atom is -0.411 e. The molecular weight excluding hydrogens is 106 g/mol. The second kappa shape index (κ2) is 2.67. The van der Waals surface area contributed by atoms with Gasteiger partial charge in [-0.25, -0.2) is 0 Å². The topological polar surface area (TPSA) is 41.8 Å². The van der Waals surface area contributed by atoms with Crippen molar-refractivity contribution in [2.45, 2.75) is 18.9 Å². The Labute approximate surface area is 48.0 Å². The molecule has 0 saturated carbocycles. The molecule has 0 bridgehead atoms. The normalized spacial score (nSPS) is 29.8. The number of oxime groups is 1. The molecule has 1 aliphatic rings. The van der Waals surface area contributed by atoms with Gasteiger partial charge in [0.25, 0.3) is 0 Å². The van der Waals surface area contributed by atoms with Crippen molar-refractivity contribution in [2.24, 2.45) is 5.16 Å². The third-order valence-electron chi connectivity index (χ3n) is 1.20. The van der Waals surface area contributed by atoms with Crippen LogP contribution in [0.5, 0.6) is 0 Å². The highest BCUT2D eigenvalue weighted by Gasteiger charge is 2.11. The molecule has 0 aromatic heterocycles. The van der Waals surface area contributed by atoms with Crippen LogP contribution in [0.15, 0.2) is 5.16 Å². The van der Waals surface area contributed by atoms with Crippen LogP contribution in [-0.2, 0) is 4.74 Å². The van der Waals surface area contributed by atoms with Gasteiger partial charge in [0.1, 0.15) is 0 Å². The molecule has 1 fully saturated rings. The molecule has 0 aromatic rings. The number of ether oxygens (including phenoxy) is 1. The Morgan fingerprint density at radius 1 is 1.75 bits per heavy atom. The van der Waals surface area contributed by atoms with E-state index in [0.29, 0.717) is 0 Å². The van der Waals surface area contributed by atoms with Crippen molar-refractivity contribution in [3.8, 4) is 0 Å². The zero-order chi connectivity index (χ0) is 5.82. The number of hydrogen-bond acceptors (Lipinski definition) is 3. The van der Waals surface area contributed by atoms with Crippen molar-refractivity contribution in [2.75, 3.05) is 6.61 Å². The summed E-state index contributed by atoms with van der Waals surface area (Å²) < 4.78 is 5.08. The van der Waals surface area contributed by atoms with Gasteiger partial charge in [0, 0.05) is 6.61 Å². The van der Waals surface area contributed by atoms with E-state index in [1.54, 1.807) is 0 Å². The first-order valence-electron chi connectivity index (χ1n) is 2.72. The largest absolute Gasteiger partial charge is 0.411 e. The highest BCUT2D eigenvalue weighted by molar-refractivity contribution is 5.62. The van der Waals surface area contributed by atoms with Crippen LogP contribution < -0.4 is 0 Å². The van der Waals surface area contributed by atoms with E-state index in [2.05, 4.69) is 5.16 Å². The van der Waals surface area contributed by atoms with Crippen LogP contribution in [-0.4, -0.2) is 24.1 Å². The first-order chi connectivity index (χ1) is 3.93. The molecule has 0 spiro atoms. The molecule has 46 valence electrons. The highest BCUT2D eigenvalue weighted by atomic mass is 16.5. The minimum absolute atomic E-state index is 0.0694. The van der Waals surface area contributed by atoms with Gasteiger partial charge in [-0.3, -0.25) is 0 Å². The Kier molecular flexibility index (Phi) is 1.86. The van der Waals surface area contributed by atoms with E-state index in [1.807, 2.05) is 0 Å². The third-order valence-corrected chi connectivity index (χ3v) is 1.20. The molecule has 0 aliphatic carbocycles. The lowest BCUT2D eigenvalue weighted by Gasteiger charge is -1.96. The van der Waals surface area contributed by atoms with Crippen LogP contribution >= 0.6 is 0 Å². The predicted molar refractivity (Wildman–Crippen MR) is 29.3 cm³/mol.